The van der Waals surface area contributed by atoms with E-state index in [1.807, 2.05) is 7.05 Å². The van der Waals surface area contributed by atoms with E-state index in [-0.39, 0.29) is 0 Å². The summed E-state index contributed by atoms with van der Waals surface area (Å²) in [7, 11) is 4.28. The molecule has 2 unspecified atom stereocenters. The van der Waals surface area contributed by atoms with E-state index in [0.717, 1.165) is 12.6 Å². The number of hydrogen-bond donors (Lipinski definition) is 1. The Kier molecular flexibility index (Phi) is 6.32. The van der Waals surface area contributed by atoms with E-state index in [9.17, 15) is 0 Å². The molecule has 96 valence electrons. The van der Waals surface area contributed by atoms with Crippen LogP contribution in [-0.4, -0.2) is 62.2 Å². The molecule has 0 amide bonds. The van der Waals surface area contributed by atoms with Crippen molar-refractivity contribution < 1.29 is 0 Å². The van der Waals surface area contributed by atoms with Crippen molar-refractivity contribution in [2.45, 2.75) is 45.2 Å². The monoisotopic (exact) mass is 227 g/mol. The van der Waals surface area contributed by atoms with Crippen LogP contribution < -0.4 is 5.32 Å². The van der Waals surface area contributed by atoms with Gasteiger partial charge in [0.2, 0.25) is 0 Å². The lowest BCUT2D eigenvalue weighted by atomic mass is 10.1. The van der Waals surface area contributed by atoms with Crippen LogP contribution in [0, 0.1) is 0 Å². The summed E-state index contributed by atoms with van der Waals surface area (Å²) in [6.45, 7) is 9.65. The molecule has 0 spiro atoms. The molecule has 1 heterocycles. The summed E-state index contributed by atoms with van der Waals surface area (Å²) in [5.41, 5.74) is 0. The van der Waals surface area contributed by atoms with Gasteiger partial charge in [-0.15, -0.1) is 0 Å². The highest BCUT2D eigenvalue weighted by Gasteiger charge is 2.23. The Balaban J connectivity index is 2.37. The summed E-state index contributed by atoms with van der Waals surface area (Å²) in [5, 5.41) is 3.23. The number of hydrogen-bond acceptors (Lipinski definition) is 3. The van der Waals surface area contributed by atoms with E-state index in [2.05, 4.69) is 36.0 Å². The summed E-state index contributed by atoms with van der Waals surface area (Å²) < 4.78 is 0. The first-order valence-corrected chi connectivity index (χ1v) is 6.74. The van der Waals surface area contributed by atoms with Gasteiger partial charge in [0.15, 0.2) is 0 Å². The Morgan fingerprint density at radius 2 is 2.12 bits per heavy atom. The fraction of sp³-hybridized carbons (Fsp3) is 1.00. The van der Waals surface area contributed by atoms with E-state index in [0.29, 0.717) is 6.04 Å². The molecule has 16 heavy (non-hydrogen) atoms. The molecule has 1 aliphatic rings. The van der Waals surface area contributed by atoms with Crippen molar-refractivity contribution in [3.8, 4) is 0 Å². The SMILES string of the molecule is CNCCCC(C)N1CCCN(C)CC1C. The van der Waals surface area contributed by atoms with Crippen molar-refractivity contribution >= 4 is 0 Å². The second-order valence-corrected chi connectivity index (χ2v) is 5.30. The average molecular weight is 227 g/mol. The van der Waals surface area contributed by atoms with E-state index < -0.39 is 0 Å². The second kappa shape index (κ2) is 7.25. The minimum Gasteiger partial charge on any atom is -0.320 e. The van der Waals surface area contributed by atoms with Crippen LogP contribution in [0.4, 0.5) is 0 Å². The molecule has 0 aromatic carbocycles. The van der Waals surface area contributed by atoms with Crippen molar-refractivity contribution in [1.82, 2.24) is 15.1 Å². The zero-order chi connectivity index (χ0) is 12.0. The topological polar surface area (TPSA) is 18.5 Å². The third-order valence-electron chi connectivity index (χ3n) is 3.71. The lowest BCUT2D eigenvalue weighted by Crippen LogP contribution is -2.43. The predicted molar refractivity (Wildman–Crippen MR) is 70.9 cm³/mol. The maximum atomic E-state index is 3.23. The molecule has 0 aromatic rings. The highest BCUT2D eigenvalue weighted by molar-refractivity contribution is 4.79. The molecule has 0 aromatic heterocycles. The van der Waals surface area contributed by atoms with Crippen LogP contribution in [0.1, 0.15) is 33.1 Å². The largest absolute Gasteiger partial charge is 0.320 e. The highest BCUT2D eigenvalue weighted by Crippen LogP contribution is 2.15. The van der Waals surface area contributed by atoms with Crippen LogP contribution in [0.2, 0.25) is 0 Å². The van der Waals surface area contributed by atoms with Crippen molar-refractivity contribution in [2.24, 2.45) is 0 Å². The Hall–Kier alpha value is -0.120. The molecule has 0 radical (unpaired) electrons. The quantitative estimate of drug-likeness (QED) is 0.716. The summed E-state index contributed by atoms with van der Waals surface area (Å²) in [5.74, 6) is 0. The molecule has 0 bridgehead atoms. The number of nitrogens with one attached hydrogen (secondary N) is 1. The Bertz CT molecular complexity index is 184. The molecule has 0 aliphatic carbocycles. The Morgan fingerprint density at radius 1 is 1.38 bits per heavy atom. The van der Waals surface area contributed by atoms with Crippen molar-refractivity contribution in [2.75, 3.05) is 40.3 Å². The van der Waals surface area contributed by atoms with Crippen LogP contribution in [-0.2, 0) is 0 Å². The predicted octanol–water partition coefficient (Wildman–Crippen LogP) is 1.40. The van der Waals surface area contributed by atoms with Gasteiger partial charge in [0.25, 0.3) is 0 Å². The summed E-state index contributed by atoms with van der Waals surface area (Å²) in [4.78, 5) is 5.16. The molecule has 1 N–H and O–H groups in total. The maximum absolute atomic E-state index is 3.23. The minimum atomic E-state index is 0.706. The van der Waals surface area contributed by atoms with Crippen LogP contribution >= 0.6 is 0 Å². The zero-order valence-electron chi connectivity index (χ0n) is 11.5. The number of rotatable bonds is 5. The van der Waals surface area contributed by atoms with Gasteiger partial charge in [-0.3, -0.25) is 4.90 Å². The van der Waals surface area contributed by atoms with Gasteiger partial charge in [-0.2, -0.15) is 0 Å². The van der Waals surface area contributed by atoms with Crippen LogP contribution in [0.25, 0.3) is 0 Å². The van der Waals surface area contributed by atoms with Crippen LogP contribution in [0.3, 0.4) is 0 Å². The lowest BCUT2D eigenvalue weighted by Gasteiger charge is -2.33. The van der Waals surface area contributed by atoms with Crippen molar-refractivity contribution in [1.29, 1.82) is 0 Å². The second-order valence-electron chi connectivity index (χ2n) is 5.30. The molecule has 3 heteroatoms. The number of likely N-dealkylation sites (N-methyl/N-ethyl adjacent to an activating group) is 1. The van der Waals surface area contributed by atoms with Gasteiger partial charge in [0.1, 0.15) is 0 Å². The fourth-order valence-corrected chi connectivity index (χ4v) is 2.79. The van der Waals surface area contributed by atoms with Gasteiger partial charge < -0.3 is 10.2 Å². The fourth-order valence-electron chi connectivity index (χ4n) is 2.79. The van der Waals surface area contributed by atoms with Crippen molar-refractivity contribution in [3.05, 3.63) is 0 Å². The summed E-state index contributed by atoms with van der Waals surface area (Å²) in [6, 6.07) is 1.44. The highest BCUT2D eigenvalue weighted by atomic mass is 15.2. The van der Waals surface area contributed by atoms with Crippen LogP contribution in [0.15, 0.2) is 0 Å². The average Bonchev–Trinajstić information content (AvgIpc) is 2.39. The van der Waals surface area contributed by atoms with Gasteiger partial charge in [-0.1, -0.05) is 0 Å². The first kappa shape index (κ1) is 13.9. The van der Waals surface area contributed by atoms with E-state index in [4.69, 9.17) is 0 Å². The Labute approximate surface area is 101 Å². The first-order chi connectivity index (χ1) is 7.65. The molecule has 0 saturated carbocycles. The molecule has 3 nitrogen and oxygen atoms in total. The molecule has 1 rings (SSSR count). The van der Waals surface area contributed by atoms with Crippen molar-refractivity contribution in [3.63, 3.8) is 0 Å². The van der Waals surface area contributed by atoms with Gasteiger partial charge in [0.05, 0.1) is 0 Å². The summed E-state index contributed by atoms with van der Waals surface area (Å²) >= 11 is 0. The molecular weight excluding hydrogens is 198 g/mol. The Morgan fingerprint density at radius 3 is 2.81 bits per heavy atom. The maximum Gasteiger partial charge on any atom is 0.0197 e. The van der Waals surface area contributed by atoms with E-state index in [1.165, 1.54) is 38.9 Å². The molecular formula is C13H29N3. The van der Waals surface area contributed by atoms with E-state index >= 15 is 0 Å². The van der Waals surface area contributed by atoms with E-state index in [1.54, 1.807) is 0 Å². The number of nitrogens with zero attached hydrogens (tertiary/aromatic N) is 2. The standard InChI is InChI=1S/C13H29N3/c1-12(7-5-8-14-3)16-10-6-9-15(4)11-13(16)2/h12-14H,5-11H2,1-4H3. The molecule has 1 aliphatic heterocycles. The van der Waals surface area contributed by atoms with Gasteiger partial charge in [-0.25, -0.2) is 0 Å². The summed E-state index contributed by atoms with van der Waals surface area (Å²) in [6.07, 6.45) is 3.92. The van der Waals surface area contributed by atoms with Gasteiger partial charge in [-0.05, 0) is 66.8 Å². The lowest BCUT2D eigenvalue weighted by molar-refractivity contribution is 0.144. The molecule has 1 fully saturated rings. The normalized spacial score (nSPS) is 26.6. The third-order valence-corrected chi connectivity index (χ3v) is 3.71. The zero-order valence-corrected chi connectivity index (χ0v) is 11.5. The van der Waals surface area contributed by atoms with Crippen LogP contribution in [0.5, 0.6) is 0 Å². The smallest absolute Gasteiger partial charge is 0.0197 e. The minimum absolute atomic E-state index is 0.706. The van der Waals surface area contributed by atoms with Gasteiger partial charge in [0, 0.05) is 18.6 Å². The molecule has 1 saturated heterocycles. The third kappa shape index (κ3) is 4.40. The van der Waals surface area contributed by atoms with Gasteiger partial charge >= 0.3 is 0 Å². The molecule has 2 atom stereocenters. The first-order valence-electron chi connectivity index (χ1n) is 6.74.